The molecular formula is C14H11N3O3. The van der Waals surface area contributed by atoms with Crippen LogP contribution in [-0.2, 0) is 0 Å². The first kappa shape index (κ1) is 13.5. The maximum absolute atomic E-state index is 10.9. The van der Waals surface area contributed by atoms with Crippen LogP contribution in [0.1, 0.15) is 5.56 Å². The molecule has 0 aliphatic carbocycles. The number of hydrogen-bond donors (Lipinski definition) is 0. The van der Waals surface area contributed by atoms with E-state index >= 15 is 0 Å². The van der Waals surface area contributed by atoms with E-state index < -0.39 is 4.92 Å². The second kappa shape index (κ2) is 5.80. The first-order chi connectivity index (χ1) is 9.61. The zero-order valence-corrected chi connectivity index (χ0v) is 10.7. The molecule has 0 aliphatic heterocycles. The molecule has 0 unspecified atom stereocenters. The lowest BCUT2D eigenvalue weighted by atomic mass is 10.1. The molecule has 6 heteroatoms. The van der Waals surface area contributed by atoms with E-state index in [1.165, 1.54) is 6.07 Å². The molecule has 1 aromatic heterocycles. The molecule has 0 saturated heterocycles. The van der Waals surface area contributed by atoms with Gasteiger partial charge in [0.1, 0.15) is 6.07 Å². The summed E-state index contributed by atoms with van der Waals surface area (Å²) in [5, 5.41) is 19.4. The minimum Gasteiger partial charge on any atom is -0.457 e. The number of aromatic nitrogens is 1. The van der Waals surface area contributed by atoms with Gasteiger partial charge in [-0.1, -0.05) is 29.8 Å². The summed E-state index contributed by atoms with van der Waals surface area (Å²) in [6.45, 7) is 1.68. The van der Waals surface area contributed by atoms with Crippen LogP contribution in [-0.4, -0.2) is 16.5 Å². The number of nitriles is 1. The van der Waals surface area contributed by atoms with E-state index in [2.05, 4.69) is 4.98 Å². The molecule has 1 heterocycles. The lowest BCUT2D eigenvalue weighted by molar-refractivity contribution is -0.386. The average Bonchev–Trinajstić information content (AvgIpc) is 2.45. The number of aryl methyl sites for hydroxylation is 1. The summed E-state index contributed by atoms with van der Waals surface area (Å²) in [7, 11) is 0. The summed E-state index contributed by atoms with van der Waals surface area (Å²) in [6.07, 6.45) is 0. The van der Waals surface area contributed by atoms with Crippen LogP contribution in [0.5, 0.6) is 5.88 Å². The molecular weight excluding hydrogens is 258 g/mol. The zero-order chi connectivity index (χ0) is 14.5. The molecule has 0 N–H and O–H groups in total. The topological polar surface area (TPSA) is 89.0 Å². The molecule has 6 nitrogen and oxygen atoms in total. The quantitative estimate of drug-likeness (QED) is 0.628. The smallest absolute Gasteiger partial charge is 0.331 e. The van der Waals surface area contributed by atoms with Gasteiger partial charge in [0, 0.05) is 11.6 Å². The Kier molecular flexibility index (Phi) is 3.91. The fourth-order valence-electron chi connectivity index (χ4n) is 1.66. The Morgan fingerprint density at radius 1 is 1.30 bits per heavy atom. The van der Waals surface area contributed by atoms with E-state index in [9.17, 15) is 10.1 Å². The van der Waals surface area contributed by atoms with E-state index in [1.807, 2.05) is 31.2 Å². The van der Waals surface area contributed by atoms with Gasteiger partial charge in [0.25, 0.3) is 5.88 Å². The van der Waals surface area contributed by atoms with Crippen molar-refractivity contribution in [3.63, 3.8) is 0 Å². The van der Waals surface area contributed by atoms with Crippen LogP contribution in [0.15, 0.2) is 36.4 Å². The van der Waals surface area contributed by atoms with Gasteiger partial charge in [0.05, 0.1) is 10.6 Å². The van der Waals surface area contributed by atoms with E-state index in [1.54, 1.807) is 12.1 Å². The number of benzene rings is 1. The number of ether oxygens (including phenoxy) is 1. The Labute approximate surface area is 115 Å². The van der Waals surface area contributed by atoms with Gasteiger partial charge in [-0.25, -0.2) is 4.98 Å². The highest BCUT2D eigenvalue weighted by Gasteiger charge is 2.18. The van der Waals surface area contributed by atoms with Crippen LogP contribution in [0, 0.1) is 28.4 Å². The Hall–Kier alpha value is -2.94. The van der Waals surface area contributed by atoms with Crippen molar-refractivity contribution in [3.8, 4) is 23.2 Å². The molecule has 0 bridgehead atoms. The van der Waals surface area contributed by atoms with Crippen LogP contribution in [0.4, 0.5) is 5.69 Å². The Balaban J connectivity index is 2.43. The molecule has 0 fully saturated rings. The Morgan fingerprint density at radius 2 is 2.00 bits per heavy atom. The highest BCUT2D eigenvalue weighted by atomic mass is 16.6. The first-order valence-electron chi connectivity index (χ1n) is 5.84. The summed E-state index contributed by atoms with van der Waals surface area (Å²) in [6, 6.07) is 12.2. The largest absolute Gasteiger partial charge is 0.457 e. The van der Waals surface area contributed by atoms with Gasteiger partial charge in [0.15, 0.2) is 6.61 Å². The average molecular weight is 269 g/mol. The Morgan fingerprint density at radius 3 is 2.60 bits per heavy atom. The highest BCUT2D eigenvalue weighted by Crippen LogP contribution is 2.28. The lowest BCUT2D eigenvalue weighted by Gasteiger charge is -2.05. The van der Waals surface area contributed by atoms with Gasteiger partial charge in [-0.3, -0.25) is 10.1 Å². The van der Waals surface area contributed by atoms with Crippen molar-refractivity contribution in [2.45, 2.75) is 6.92 Å². The minimum absolute atomic E-state index is 0.144. The summed E-state index contributed by atoms with van der Waals surface area (Å²) in [5.41, 5.74) is 2.24. The first-order valence-corrected chi connectivity index (χ1v) is 5.84. The molecule has 20 heavy (non-hydrogen) atoms. The van der Waals surface area contributed by atoms with Crippen molar-refractivity contribution in [1.29, 1.82) is 5.26 Å². The minimum atomic E-state index is -0.585. The van der Waals surface area contributed by atoms with E-state index in [4.69, 9.17) is 10.00 Å². The van der Waals surface area contributed by atoms with Crippen molar-refractivity contribution in [3.05, 3.63) is 52.1 Å². The number of nitrogens with zero attached hydrogens (tertiary/aromatic N) is 3. The highest BCUT2D eigenvalue weighted by molar-refractivity contribution is 5.62. The third-order valence-corrected chi connectivity index (χ3v) is 2.66. The summed E-state index contributed by atoms with van der Waals surface area (Å²) in [5.74, 6) is -0.144. The van der Waals surface area contributed by atoms with E-state index in [-0.39, 0.29) is 18.2 Å². The zero-order valence-electron chi connectivity index (χ0n) is 10.7. The van der Waals surface area contributed by atoms with Crippen molar-refractivity contribution in [1.82, 2.24) is 4.98 Å². The molecule has 0 aliphatic rings. The van der Waals surface area contributed by atoms with Gasteiger partial charge in [-0.15, -0.1) is 0 Å². The van der Waals surface area contributed by atoms with Crippen LogP contribution >= 0.6 is 0 Å². The van der Waals surface area contributed by atoms with E-state index in [0.717, 1.165) is 11.1 Å². The van der Waals surface area contributed by atoms with Gasteiger partial charge < -0.3 is 4.74 Å². The Bertz CT molecular complexity index is 675. The van der Waals surface area contributed by atoms with Gasteiger partial charge in [-0.2, -0.15) is 5.26 Å². The van der Waals surface area contributed by atoms with Crippen molar-refractivity contribution in [2.24, 2.45) is 0 Å². The molecule has 2 aromatic rings. The fourth-order valence-corrected chi connectivity index (χ4v) is 1.66. The number of rotatable bonds is 4. The third-order valence-electron chi connectivity index (χ3n) is 2.66. The van der Waals surface area contributed by atoms with Crippen LogP contribution in [0.3, 0.4) is 0 Å². The van der Waals surface area contributed by atoms with Crippen LogP contribution in [0.25, 0.3) is 11.3 Å². The molecule has 0 spiro atoms. The number of pyridine rings is 1. The van der Waals surface area contributed by atoms with Gasteiger partial charge in [0.2, 0.25) is 0 Å². The lowest BCUT2D eigenvalue weighted by Crippen LogP contribution is -2.01. The van der Waals surface area contributed by atoms with Crippen LogP contribution in [0.2, 0.25) is 0 Å². The summed E-state index contributed by atoms with van der Waals surface area (Å²) >= 11 is 0. The third kappa shape index (κ3) is 2.90. The molecule has 100 valence electrons. The maximum Gasteiger partial charge on any atom is 0.331 e. The molecule has 0 saturated carbocycles. The number of hydrogen-bond acceptors (Lipinski definition) is 5. The summed E-state index contributed by atoms with van der Waals surface area (Å²) in [4.78, 5) is 14.4. The van der Waals surface area contributed by atoms with E-state index in [0.29, 0.717) is 5.69 Å². The molecule has 2 rings (SSSR count). The van der Waals surface area contributed by atoms with Crippen LogP contribution < -0.4 is 4.74 Å². The number of nitro groups is 1. The molecule has 0 radical (unpaired) electrons. The summed E-state index contributed by atoms with van der Waals surface area (Å²) < 4.78 is 5.02. The van der Waals surface area contributed by atoms with Crippen molar-refractivity contribution in [2.75, 3.05) is 6.61 Å². The standard InChI is InChI=1S/C14H11N3O3/c1-10-2-4-11(5-3-10)12-6-7-13(17(18)19)14(16-12)20-9-8-15/h2-7H,9H2,1H3. The molecule has 0 amide bonds. The predicted octanol–water partition coefficient (Wildman–Crippen LogP) is 2.87. The second-order valence-corrected chi connectivity index (χ2v) is 4.09. The fraction of sp³-hybridized carbons (Fsp3) is 0.143. The van der Waals surface area contributed by atoms with Gasteiger partial charge >= 0.3 is 5.69 Å². The van der Waals surface area contributed by atoms with Crippen molar-refractivity contribution >= 4 is 5.69 Å². The second-order valence-electron chi connectivity index (χ2n) is 4.09. The molecule has 0 atom stereocenters. The maximum atomic E-state index is 10.9. The molecule has 1 aromatic carbocycles. The van der Waals surface area contributed by atoms with Gasteiger partial charge in [-0.05, 0) is 13.0 Å². The van der Waals surface area contributed by atoms with Crippen molar-refractivity contribution < 1.29 is 9.66 Å². The monoisotopic (exact) mass is 269 g/mol. The SMILES string of the molecule is Cc1ccc(-c2ccc([N+](=O)[O-])c(OCC#N)n2)cc1. The normalized spacial score (nSPS) is 9.80. The predicted molar refractivity (Wildman–Crippen MR) is 72.2 cm³/mol.